The molecule has 1 aromatic heterocycles. The van der Waals surface area contributed by atoms with Gasteiger partial charge in [0, 0.05) is 22.1 Å². The zero-order chi connectivity index (χ0) is 31.3. The van der Waals surface area contributed by atoms with Crippen LogP contribution in [0.2, 0.25) is 0 Å². The predicted octanol–water partition coefficient (Wildman–Crippen LogP) is 10.0. The highest BCUT2D eigenvalue weighted by Crippen LogP contribution is 2.48. The van der Waals surface area contributed by atoms with Crippen molar-refractivity contribution in [3.63, 3.8) is 0 Å². The van der Waals surface area contributed by atoms with Crippen LogP contribution >= 0.6 is 0 Å². The summed E-state index contributed by atoms with van der Waals surface area (Å²) in [6, 6.07) is 50.0. The van der Waals surface area contributed by atoms with Crippen LogP contribution in [0.4, 0.5) is 17.1 Å². The van der Waals surface area contributed by atoms with Crippen LogP contribution < -0.4 is 4.90 Å². The van der Waals surface area contributed by atoms with E-state index in [0.717, 1.165) is 18.5 Å². The minimum absolute atomic E-state index is 0.341. The molecule has 2 heterocycles. The van der Waals surface area contributed by atoms with Crippen molar-refractivity contribution in [2.45, 2.75) is 22.6 Å². The Balaban J connectivity index is 1.06. The van der Waals surface area contributed by atoms with Crippen LogP contribution in [0.3, 0.4) is 0 Å². The van der Waals surface area contributed by atoms with Crippen molar-refractivity contribution in [2.75, 3.05) is 4.90 Å². The Morgan fingerprint density at radius 2 is 0.979 bits per heavy atom. The fraction of sp³-hybridized carbons (Fsp3) is 0.0476. The van der Waals surface area contributed by atoms with Crippen molar-refractivity contribution in [3.8, 4) is 5.69 Å². The molecule has 224 valence electrons. The van der Waals surface area contributed by atoms with Gasteiger partial charge in [-0.15, -0.1) is 0 Å². The van der Waals surface area contributed by atoms with E-state index in [0.29, 0.717) is 21.2 Å². The summed E-state index contributed by atoms with van der Waals surface area (Å²) in [5.74, 6) is 0. The van der Waals surface area contributed by atoms with Crippen LogP contribution in [0, 0.1) is 0 Å². The molecule has 0 radical (unpaired) electrons. The first kappa shape index (κ1) is 26.6. The highest BCUT2D eigenvalue weighted by Gasteiger charge is 2.34. The quantitative estimate of drug-likeness (QED) is 0.192. The molecule has 2 aliphatic rings. The molecule has 47 heavy (non-hydrogen) atoms. The van der Waals surface area contributed by atoms with Gasteiger partial charge in [-0.05, 0) is 107 Å². The molecule has 4 nitrogen and oxygen atoms in total. The lowest BCUT2D eigenvalue weighted by Crippen LogP contribution is -2.22. The molecule has 1 aliphatic heterocycles. The van der Waals surface area contributed by atoms with E-state index in [1.165, 1.54) is 60.5 Å². The number of hydrogen-bond acceptors (Lipinski definition) is 3. The van der Waals surface area contributed by atoms with Gasteiger partial charge in [0.15, 0.2) is 0 Å². The molecule has 10 rings (SSSR count). The van der Waals surface area contributed by atoms with Gasteiger partial charge in [-0.25, -0.2) is 8.42 Å². The summed E-state index contributed by atoms with van der Waals surface area (Å²) >= 11 is 0. The molecule has 5 heteroatoms. The minimum Gasteiger partial charge on any atom is -0.309 e. The van der Waals surface area contributed by atoms with E-state index in [1.54, 1.807) is 24.3 Å². The van der Waals surface area contributed by atoms with Crippen molar-refractivity contribution in [3.05, 3.63) is 168 Å². The molecule has 0 spiro atoms. The van der Waals surface area contributed by atoms with Crippen LogP contribution in [-0.2, 0) is 22.7 Å². The summed E-state index contributed by atoms with van der Waals surface area (Å²) in [5, 5.41) is 5.01. The lowest BCUT2D eigenvalue weighted by Gasteiger charge is -2.33. The second kappa shape index (κ2) is 9.68. The van der Waals surface area contributed by atoms with E-state index < -0.39 is 9.84 Å². The Morgan fingerprint density at radius 1 is 0.447 bits per heavy atom. The number of hydrogen-bond donors (Lipinski definition) is 0. The molecule has 7 aromatic carbocycles. The van der Waals surface area contributed by atoms with Crippen LogP contribution in [0.1, 0.15) is 22.3 Å². The molecule has 0 N–H and O–H groups in total. The molecule has 1 aliphatic carbocycles. The molecule has 0 amide bonds. The molecular weight excluding hydrogens is 597 g/mol. The van der Waals surface area contributed by atoms with E-state index in [-0.39, 0.29) is 0 Å². The molecule has 8 aromatic rings. The van der Waals surface area contributed by atoms with Gasteiger partial charge < -0.3 is 9.47 Å². The topological polar surface area (TPSA) is 42.3 Å². The third-order valence-electron chi connectivity index (χ3n) is 9.98. The molecule has 0 fully saturated rings. The van der Waals surface area contributed by atoms with Crippen molar-refractivity contribution in [1.82, 2.24) is 4.57 Å². The number of sulfone groups is 1. The van der Waals surface area contributed by atoms with E-state index in [2.05, 4.69) is 107 Å². The summed E-state index contributed by atoms with van der Waals surface area (Å²) in [4.78, 5) is 2.78. The molecular formula is C42H28N2O2S. The highest BCUT2D eigenvalue weighted by atomic mass is 32.2. The molecule has 0 atom stereocenters. The van der Waals surface area contributed by atoms with Crippen molar-refractivity contribution in [1.29, 1.82) is 0 Å². The maximum Gasteiger partial charge on any atom is 0.210 e. The third-order valence-corrected chi connectivity index (χ3v) is 11.8. The normalized spacial score (nSPS) is 14.5. The van der Waals surface area contributed by atoms with Gasteiger partial charge in [-0.3, -0.25) is 0 Å². The number of benzene rings is 7. The largest absolute Gasteiger partial charge is 0.309 e. The van der Waals surface area contributed by atoms with E-state index >= 15 is 0 Å². The maximum absolute atomic E-state index is 13.5. The number of para-hydroxylation sites is 4. The fourth-order valence-corrected chi connectivity index (χ4v) is 9.43. The summed E-state index contributed by atoms with van der Waals surface area (Å²) in [6.45, 7) is 0. The molecule has 0 saturated carbocycles. The first-order chi connectivity index (χ1) is 23.0. The number of nitrogens with zero attached hydrogens (tertiary/aromatic N) is 2. The lowest BCUT2D eigenvalue weighted by molar-refractivity contribution is 0.595. The van der Waals surface area contributed by atoms with Gasteiger partial charge in [0.1, 0.15) is 0 Å². The second-order valence-corrected chi connectivity index (χ2v) is 14.5. The number of fused-ring (bicyclic) bond motifs is 8. The zero-order valence-electron chi connectivity index (χ0n) is 25.4. The fourth-order valence-electron chi connectivity index (χ4n) is 7.81. The second-order valence-electron chi connectivity index (χ2n) is 12.6. The van der Waals surface area contributed by atoms with E-state index in [9.17, 15) is 8.42 Å². The average Bonchev–Trinajstić information content (AvgIpc) is 3.44. The summed E-state index contributed by atoms with van der Waals surface area (Å²) in [5.41, 5.74) is 11.2. The summed E-state index contributed by atoms with van der Waals surface area (Å²) < 4.78 is 29.4. The third kappa shape index (κ3) is 3.84. The Morgan fingerprint density at radius 3 is 1.66 bits per heavy atom. The van der Waals surface area contributed by atoms with Gasteiger partial charge >= 0.3 is 0 Å². The summed E-state index contributed by atoms with van der Waals surface area (Å²) in [6.07, 6.45) is 1.69. The first-order valence-corrected chi connectivity index (χ1v) is 17.4. The number of rotatable bonds is 2. The van der Waals surface area contributed by atoms with E-state index in [4.69, 9.17) is 0 Å². The number of anilines is 3. The number of aromatic nitrogens is 1. The van der Waals surface area contributed by atoms with Gasteiger partial charge in [0.25, 0.3) is 0 Å². The Kier molecular flexibility index (Phi) is 5.47. The molecule has 0 saturated heterocycles. The average molecular weight is 625 g/mol. The van der Waals surface area contributed by atoms with Crippen LogP contribution in [0.5, 0.6) is 0 Å². The minimum atomic E-state index is -3.60. The van der Waals surface area contributed by atoms with Crippen LogP contribution in [-0.4, -0.2) is 13.0 Å². The van der Waals surface area contributed by atoms with E-state index in [1.807, 2.05) is 24.3 Å². The standard InChI is InChI=1S/C42H28N2O2S/c45-47(46)41-15-7-5-13-39(41)44(40-14-6-8-16-42(40)47)34-20-18-28-22-29-23-31-25-33(19-17-27(31)21-30(29)24-32(28)26-34)43-37-11-3-1-9-35(37)36-10-2-4-12-38(36)43/h1-21,23,25-26H,22,24H2. The highest BCUT2D eigenvalue weighted by molar-refractivity contribution is 7.92. The monoisotopic (exact) mass is 624 g/mol. The lowest BCUT2D eigenvalue weighted by atomic mass is 9.84. The Bertz CT molecular complexity index is 2620. The van der Waals surface area contributed by atoms with Crippen molar-refractivity contribution < 1.29 is 8.42 Å². The SMILES string of the molecule is O=S1(=O)c2ccccc2N(c2ccc3c(c2)Cc2cc4ccc(-n5c6ccccc6c6ccccc65)cc4cc2C3)c2ccccc21. The Labute approximate surface area is 272 Å². The van der Waals surface area contributed by atoms with Crippen LogP contribution in [0.25, 0.3) is 38.3 Å². The predicted molar refractivity (Wildman–Crippen MR) is 190 cm³/mol. The van der Waals surface area contributed by atoms with Crippen molar-refractivity contribution >= 4 is 59.5 Å². The van der Waals surface area contributed by atoms with Gasteiger partial charge in [-0.2, -0.15) is 0 Å². The molecule has 0 unspecified atom stereocenters. The zero-order valence-corrected chi connectivity index (χ0v) is 26.2. The van der Waals surface area contributed by atoms with Gasteiger partial charge in [-0.1, -0.05) is 84.9 Å². The van der Waals surface area contributed by atoms with Crippen LogP contribution in [0.15, 0.2) is 155 Å². The summed E-state index contributed by atoms with van der Waals surface area (Å²) in [7, 11) is -3.60. The van der Waals surface area contributed by atoms with Crippen molar-refractivity contribution in [2.24, 2.45) is 0 Å². The first-order valence-electron chi connectivity index (χ1n) is 15.9. The maximum atomic E-state index is 13.5. The Hall–Kier alpha value is -5.65. The molecule has 0 bridgehead atoms. The van der Waals surface area contributed by atoms with Gasteiger partial charge in [0.05, 0.1) is 32.2 Å². The smallest absolute Gasteiger partial charge is 0.210 e. The van der Waals surface area contributed by atoms with Gasteiger partial charge in [0.2, 0.25) is 9.84 Å².